The highest BCUT2D eigenvalue weighted by Crippen LogP contribution is 2.14. The summed E-state index contributed by atoms with van der Waals surface area (Å²) in [5.74, 6) is 0.872. The summed E-state index contributed by atoms with van der Waals surface area (Å²) < 4.78 is 5.76. The summed E-state index contributed by atoms with van der Waals surface area (Å²) in [5, 5.41) is 3.36. The van der Waals surface area contributed by atoms with Gasteiger partial charge in [0, 0.05) is 18.0 Å². The fourth-order valence-corrected chi connectivity index (χ4v) is 1.71. The first kappa shape index (κ1) is 12.5. The molecule has 0 spiro atoms. The second-order valence-corrected chi connectivity index (χ2v) is 3.91. The lowest BCUT2D eigenvalue weighted by atomic mass is 10.1. The summed E-state index contributed by atoms with van der Waals surface area (Å²) in [7, 11) is 0. The summed E-state index contributed by atoms with van der Waals surface area (Å²) in [6.45, 7) is 3.50. The van der Waals surface area contributed by atoms with Crippen LogP contribution in [0.2, 0.25) is 0 Å². The van der Waals surface area contributed by atoms with Gasteiger partial charge in [-0.1, -0.05) is 25.1 Å². The van der Waals surface area contributed by atoms with Gasteiger partial charge in [-0.05, 0) is 18.7 Å². The standard InChI is InChI=1S/C14H17N3O/c1-2-17-14(12-8-15-11-16-9-12)10-18-13-6-4-3-5-7-13/h3-9,11,14,17H,2,10H2,1H3. The van der Waals surface area contributed by atoms with Crippen molar-refractivity contribution in [1.29, 1.82) is 0 Å². The predicted octanol–water partition coefficient (Wildman–Crippen LogP) is 2.21. The normalized spacial score (nSPS) is 12.1. The van der Waals surface area contributed by atoms with Crippen LogP contribution < -0.4 is 10.1 Å². The molecule has 0 aliphatic carbocycles. The smallest absolute Gasteiger partial charge is 0.119 e. The van der Waals surface area contributed by atoms with Crippen molar-refractivity contribution in [3.63, 3.8) is 0 Å². The zero-order valence-electron chi connectivity index (χ0n) is 10.4. The van der Waals surface area contributed by atoms with E-state index < -0.39 is 0 Å². The number of rotatable bonds is 6. The van der Waals surface area contributed by atoms with Crippen LogP contribution in [0.5, 0.6) is 5.75 Å². The van der Waals surface area contributed by atoms with Crippen LogP contribution in [-0.4, -0.2) is 23.1 Å². The molecule has 0 saturated heterocycles. The Labute approximate surface area is 107 Å². The predicted molar refractivity (Wildman–Crippen MR) is 70.4 cm³/mol. The molecule has 0 bridgehead atoms. The second-order valence-electron chi connectivity index (χ2n) is 3.91. The number of hydrogen-bond acceptors (Lipinski definition) is 4. The largest absolute Gasteiger partial charge is 0.492 e. The van der Waals surface area contributed by atoms with E-state index in [1.807, 2.05) is 42.7 Å². The van der Waals surface area contributed by atoms with E-state index in [2.05, 4.69) is 22.2 Å². The van der Waals surface area contributed by atoms with Crippen LogP contribution in [0, 0.1) is 0 Å². The molecule has 1 aromatic heterocycles. The lowest BCUT2D eigenvalue weighted by molar-refractivity contribution is 0.267. The second kappa shape index (κ2) is 6.71. The SMILES string of the molecule is CCNC(COc1ccccc1)c1cncnc1. The molecule has 2 rings (SSSR count). The van der Waals surface area contributed by atoms with Gasteiger partial charge >= 0.3 is 0 Å². The molecule has 0 radical (unpaired) electrons. The van der Waals surface area contributed by atoms with Crippen molar-refractivity contribution in [2.45, 2.75) is 13.0 Å². The van der Waals surface area contributed by atoms with Crippen LogP contribution in [0.4, 0.5) is 0 Å². The average molecular weight is 243 g/mol. The summed E-state index contributed by atoms with van der Waals surface area (Å²) in [5.41, 5.74) is 1.04. The van der Waals surface area contributed by atoms with Crippen LogP contribution >= 0.6 is 0 Å². The number of likely N-dealkylation sites (N-methyl/N-ethyl adjacent to an activating group) is 1. The molecule has 94 valence electrons. The Morgan fingerprint density at radius 3 is 2.56 bits per heavy atom. The minimum absolute atomic E-state index is 0.108. The van der Waals surface area contributed by atoms with E-state index in [0.29, 0.717) is 6.61 Å². The van der Waals surface area contributed by atoms with Crippen LogP contribution in [0.25, 0.3) is 0 Å². The van der Waals surface area contributed by atoms with Crippen LogP contribution in [-0.2, 0) is 0 Å². The maximum atomic E-state index is 5.76. The lowest BCUT2D eigenvalue weighted by Crippen LogP contribution is -2.26. The Bertz CT molecular complexity index is 447. The van der Waals surface area contributed by atoms with Crippen molar-refractivity contribution in [2.75, 3.05) is 13.2 Å². The van der Waals surface area contributed by atoms with E-state index in [1.165, 1.54) is 6.33 Å². The maximum Gasteiger partial charge on any atom is 0.119 e. The van der Waals surface area contributed by atoms with Crippen molar-refractivity contribution in [3.05, 3.63) is 54.6 Å². The highest BCUT2D eigenvalue weighted by atomic mass is 16.5. The molecular formula is C14H17N3O. The van der Waals surface area contributed by atoms with Gasteiger partial charge in [-0.3, -0.25) is 0 Å². The Balaban J connectivity index is 1.99. The number of nitrogens with zero attached hydrogens (tertiary/aromatic N) is 2. The molecule has 0 fully saturated rings. The molecule has 0 amide bonds. The minimum Gasteiger partial charge on any atom is -0.492 e. The lowest BCUT2D eigenvalue weighted by Gasteiger charge is -2.18. The molecule has 4 heteroatoms. The summed E-state index contributed by atoms with van der Waals surface area (Å²) in [4.78, 5) is 8.07. The summed E-state index contributed by atoms with van der Waals surface area (Å²) in [6.07, 6.45) is 5.16. The number of ether oxygens (including phenoxy) is 1. The molecule has 2 aromatic rings. The van der Waals surface area contributed by atoms with Crippen LogP contribution in [0.15, 0.2) is 49.1 Å². The van der Waals surface area contributed by atoms with E-state index in [9.17, 15) is 0 Å². The van der Waals surface area contributed by atoms with Crippen LogP contribution in [0.3, 0.4) is 0 Å². The molecular weight excluding hydrogens is 226 g/mol. The van der Waals surface area contributed by atoms with Crippen molar-refractivity contribution in [3.8, 4) is 5.75 Å². The molecule has 1 atom stereocenters. The number of benzene rings is 1. The van der Waals surface area contributed by atoms with Gasteiger partial charge in [0.15, 0.2) is 0 Å². The fraction of sp³-hybridized carbons (Fsp3) is 0.286. The highest BCUT2D eigenvalue weighted by Gasteiger charge is 2.11. The van der Waals surface area contributed by atoms with Gasteiger partial charge in [-0.2, -0.15) is 0 Å². The van der Waals surface area contributed by atoms with Gasteiger partial charge in [0.2, 0.25) is 0 Å². The third-order valence-corrected chi connectivity index (χ3v) is 2.59. The molecule has 0 saturated carbocycles. The minimum atomic E-state index is 0.108. The first-order valence-electron chi connectivity index (χ1n) is 6.06. The number of nitrogens with one attached hydrogen (secondary N) is 1. The molecule has 1 aromatic carbocycles. The Morgan fingerprint density at radius 2 is 1.89 bits per heavy atom. The van der Waals surface area contributed by atoms with E-state index in [4.69, 9.17) is 4.74 Å². The maximum absolute atomic E-state index is 5.76. The topological polar surface area (TPSA) is 47.0 Å². The number of hydrogen-bond donors (Lipinski definition) is 1. The monoisotopic (exact) mass is 243 g/mol. The van der Waals surface area contributed by atoms with Gasteiger partial charge in [-0.15, -0.1) is 0 Å². The third-order valence-electron chi connectivity index (χ3n) is 2.59. The van der Waals surface area contributed by atoms with E-state index >= 15 is 0 Å². The number of para-hydroxylation sites is 1. The number of aromatic nitrogens is 2. The zero-order chi connectivity index (χ0) is 12.6. The van der Waals surface area contributed by atoms with E-state index in [0.717, 1.165) is 17.9 Å². The molecule has 0 aliphatic rings. The summed E-state index contributed by atoms with van der Waals surface area (Å²) >= 11 is 0. The third kappa shape index (κ3) is 3.53. The molecule has 0 aliphatic heterocycles. The Hall–Kier alpha value is -1.94. The van der Waals surface area contributed by atoms with Gasteiger partial charge in [0.05, 0.1) is 6.04 Å². The molecule has 1 heterocycles. The van der Waals surface area contributed by atoms with E-state index in [-0.39, 0.29) is 6.04 Å². The van der Waals surface area contributed by atoms with Gasteiger partial charge in [0.1, 0.15) is 18.7 Å². The summed E-state index contributed by atoms with van der Waals surface area (Å²) in [6, 6.07) is 9.90. The van der Waals surface area contributed by atoms with Crippen molar-refractivity contribution in [2.24, 2.45) is 0 Å². The quantitative estimate of drug-likeness (QED) is 0.845. The van der Waals surface area contributed by atoms with Gasteiger partial charge < -0.3 is 10.1 Å². The molecule has 18 heavy (non-hydrogen) atoms. The first-order valence-corrected chi connectivity index (χ1v) is 6.06. The van der Waals surface area contributed by atoms with Gasteiger partial charge in [0.25, 0.3) is 0 Å². The highest BCUT2D eigenvalue weighted by molar-refractivity contribution is 5.21. The first-order chi connectivity index (χ1) is 8.90. The fourth-order valence-electron chi connectivity index (χ4n) is 1.71. The van der Waals surface area contributed by atoms with Gasteiger partial charge in [-0.25, -0.2) is 9.97 Å². The zero-order valence-corrected chi connectivity index (χ0v) is 10.4. The molecule has 1 unspecified atom stereocenters. The molecule has 1 N–H and O–H groups in total. The van der Waals surface area contributed by atoms with Crippen molar-refractivity contribution >= 4 is 0 Å². The van der Waals surface area contributed by atoms with E-state index in [1.54, 1.807) is 0 Å². The van der Waals surface area contributed by atoms with Crippen LogP contribution in [0.1, 0.15) is 18.5 Å². The Kier molecular flexibility index (Phi) is 4.67. The van der Waals surface area contributed by atoms with Crippen molar-refractivity contribution < 1.29 is 4.74 Å². The average Bonchev–Trinajstić information content (AvgIpc) is 2.45. The van der Waals surface area contributed by atoms with Crippen molar-refractivity contribution in [1.82, 2.24) is 15.3 Å². The molecule has 4 nitrogen and oxygen atoms in total. The Morgan fingerprint density at radius 1 is 1.17 bits per heavy atom.